The highest BCUT2D eigenvalue weighted by Crippen LogP contribution is 2.38. The van der Waals surface area contributed by atoms with Gasteiger partial charge in [-0.3, -0.25) is 0 Å². The molecule has 0 aliphatic carbocycles. The molecule has 2 aromatic rings. The van der Waals surface area contributed by atoms with E-state index in [1.54, 1.807) is 36.4 Å². The molecule has 0 aromatic heterocycles. The zero-order chi connectivity index (χ0) is 18.1. The highest BCUT2D eigenvalue weighted by Gasteiger charge is 2.60. The van der Waals surface area contributed by atoms with E-state index in [2.05, 4.69) is 15.1 Å². The summed E-state index contributed by atoms with van der Waals surface area (Å²) in [5.74, 6) is -3.30. The van der Waals surface area contributed by atoms with Crippen molar-refractivity contribution >= 4 is 11.4 Å². The standard InChI is InChI=1S/C17H13F3N2O3/c18-17(19,20)16(23)10-14(22-25-16)11-6-8-13(9-7-11)15(21-24)12-4-2-1-3-5-12/h1-9,23-24H,10H2. The molecule has 1 atom stereocenters. The van der Waals surface area contributed by atoms with Crippen molar-refractivity contribution in [1.82, 2.24) is 0 Å². The maximum atomic E-state index is 12.7. The van der Waals surface area contributed by atoms with E-state index >= 15 is 0 Å². The minimum absolute atomic E-state index is 0.0198. The van der Waals surface area contributed by atoms with Crippen LogP contribution in [0, 0.1) is 0 Å². The Kier molecular flexibility index (Phi) is 4.22. The topological polar surface area (TPSA) is 74.4 Å². The number of aliphatic hydroxyl groups is 1. The Morgan fingerprint density at radius 2 is 1.64 bits per heavy atom. The molecule has 2 aromatic carbocycles. The first kappa shape index (κ1) is 17.0. The van der Waals surface area contributed by atoms with Crippen molar-refractivity contribution < 1.29 is 28.3 Å². The molecule has 0 saturated heterocycles. The van der Waals surface area contributed by atoms with Gasteiger partial charge in [-0.25, -0.2) is 0 Å². The zero-order valence-corrected chi connectivity index (χ0v) is 12.7. The first-order valence-corrected chi connectivity index (χ1v) is 7.26. The average molecular weight is 350 g/mol. The number of rotatable bonds is 3. The van der Waals surface area contributed by atoms with Gasteiger partial charge in [0, 0.05) is 11.1 Å². The van der Waals surface area contributed by atoms with Gasteiger partial charge in [0.2, 0.25) is 0 Å². The SMILES string of the molecule is ON=C(c1ccccc1)c1ccc(C2=NOC(O)(C(F)(F)F)C2)cc1. The molecule has 0 fully saturated rings. The van der Waals surface area contributed by atoms with Crippen LogP contribution in [0.3, 0.4) is 0 Å². The lowest BCUT2D eigenvalue weighted by atomic mass is 9.98. The molecule has 0 bridgehead atoms. The summed E-state index contributed by atoms with van der Waals surface area (Å²) in [6, 6.07) is 15.1. The van der Waals surface area contributed by atoms with Crippen LogP contribution in [0.2, 0.25) is 0 Å². The van der Waals surface area contributed by atoms with E-state index in [0.29, 0.717) is 22.4 Å². The lowest BCUT2D eigenvalue weighted by Gasteiger charge is -2.22. The van der Waals surface area contributed by atoms with Crippen LogP contribution in [0.25, 0.3) is 0 Å². The Hall–Kier alpha value is -2.87. The molecule has 0 amide bonds. The van der Waals surface area contributed by atoms with Crippen molar-refractivity contribution in [3.63, 3.8) is 0 Å². The number of oxime groups is 2. The molecular weight excluding hydrogens is 337 g/mol. The molecule has 0 radical (unpaired) electrons. The lowest BCUT2D eigenvalue weighted by Crippen LogP contribution is -2.45. The number of hydrogen-bond acceptors (Lipinski definition) is 5. The van der Waals surface area contributed by atoms with Crippen LogP contribution in [0.1, 0.15) is 23.1 Å². The molecule has 1 aliphatic rings. The molecule has 5 nitrogen and oxygen atoms in total. The minimum atomic E-state index is -4.94. The second-order valence-corrected chi connectivity index (χ2v) is 5.48. The monoisotopic (exact) mass is 350 g/mol. The first-order valence-electron chi connectivity index (χ1n) is 7.26. The summed E-state index contributed by atoms with van der Waals surface area (Å²) in [5, 5.41) is 25.4. The van der Waals surface area contributed by atoms with Crippen LogP contribution in [0.4, 0.5) is 13.2 Å². The van der Waals surface area contributed by atoms with Gasteiger partial charge in [-0.1, -0.05) is 64.9 Å². The Balaban J connectivity index is 1.82. The van der Waals surface area contributed by atoms with Crippen molar-refractivity contribution in [3.05, 3.63) is 71.3 Å². The molecular formula is C17H13F3N2O3. The van der Waals surface area contributed by atoms with E-state index in [-0.39, 0.29) is 5.71 Å². The molecule has 25 heavy (non-hydrogen) atoms. The number of nitrogens with zero attached hydrogens (tertiary/aromatic N) is 2. The van der Waals surface area contributed by atoms with Gasteiger partial charge in [-0.2, -0.15) is 13.2 Å². The Morgan fingerprint density at radius 1 is 1.04 bits per heavy atom. The fourth-order valence-corrected chi connectivity index (χ4v) is 2.43. The van der Waals surface area contributed by atoms with E-state index in [0.717, 1.165) is 0 Å². The maximum Gasteiger partial charge on any atom is 0.458 e. The molecule has 3 rings (SSSR count). The van der Waals surface area contributed by atoms with Crippen LogP contribution in [-0.2, 0) is 4.84 Å². The fourth-order valence-electron chi connectivity index (χ4n) is 2.43. The Morgan fingerprint density at radius 3 is 2.16 bits per heavy atom. The quantitative estimate of drug-likeness (QED) is 0.507. The zero-order valence-electron chi connectivity index (χ0n) is 12.7. The summed E-state index contributed by atoms with van der Waals surface area (Å²) in [4.78, 5) is 4.19. The van der Waals surface area contributed by atoms with Crippen LogP contribution >= 0.6 is 0 Å². The molecule has 1 heterocycles. The number of alkyl halides is 3. The number of halogens is 3. The van der Waals surface area contributed by atoms with Gasteiger partial charge >= 0.3 is 12.0 Å². The highest BCUT2D eigenvalue weighted by molar-refractivity contribution is 6.13. The van der Waals surface area contributed by atoms with Crippen molar-refractivity contribution in [2.75, 3.05) is 0 Å². The molecule has 0 saturated carbocycles. The third kappa shape index (κ3) is 3.20. The smallest absolute Gasteiger partial charge is 0.410 e. The fraction of sp³-hybridized carbons (Fsp3) is 0.176. The highest BCUT2D eigenvalue weighted by atomic mass is 19.4. The van der Waals surface area contributed by atoms with Crippen LogP contribution in [-0.4, -0.2) is 33.7 Å². The summed E-state index contributed by atoms with van der Waals surface area (Å²) in [6.45, 7) is 0. The summed E-state index contributed by atoms with van der Waals surface area (Å²) >= 11 is 0. The lowest BCUT2D eigenvalue weighted by molar-refractivity contribution is -0.355. The van der Waals surface area contributed by atoms with Gasteiger partial charge in [-0.15, -0.1) is 0 Å². The van der Waals surface area contributed by atoms with Crippen LogP contribution in [0.15, 0.2) is 64.9 Å². The largest absolute Gasteiger partial charge is 0.458 e. The average Bonchev–Trinajstić information content (AvgIpc) is 3.01. The molecule has 0 spiro atoms. The molecule has 8 heteroatoms. The van der Waals surface area contributed by atoms with Gasteiger partial charge in [0.1, 0.15) is 5.71 Å². The summed E-state index contributed by atoms with van der Waals surface area (Å²) in [5.41, 5.74) is 1.93. The number of benzene rings is 2. The van der Waals surface area contributed by atoms with Gasteiger partial charge in [0.05, 0.1) is 12.1 Å². The Bertz CT molecular complexity index is 817. The molecule has 2 N–H and O–H groups in total. The van der Waals surface area contributed by atoms with Crippen molar-refractivity contribution in [1.29, 1.82) is 0 Å². The molecule has 1 aliphatic heterocycles. The van der Waals surface area contributed by atoms with Gasteiger partial charge in [0.25, 0.3) is 0 Å². The van der Waals surface area contributed by atoms with E-state index in [9.17, 15) is 23.5 Å². The minimum Gasteiger partial charge on any atom is -0.410 e. The van der Waals surface area contributed by atoms with E-state index in [1.165, 1.54) is 12.1 Å². The summed E-state index contributed by atoms with van der Waals surface area (Å²) in [6.07, 6.45) is -5.74. The maximum absolute atomic E-state index is 12.7. The predicted octanol–water partition coefficient (Wildman–Crippen LogP) is 3.29. The van der Waals surface area contributed by atoms with Crippen LogP contribution in [0.5, 0.6) is 0 Å². The van der Waals surface area contributed by atoms with Gasteiger partial charge < -0.3 is 15.2 Å². The van der Waals surface area contributed by atoms with Crippen molar-refractivity contribution in [3.8, 4) is 0 Å². The predicted molar refractivity (Wildman–Crippen MR) is 83.6 cm³/mol. The van der Waals surface area contributed by atoms with Crippen LogP contribution < -0.4 is 0 Å². The third-order valence-corrected chi connectivity index (χ3v) is 3.80. The van der Waals surface area contributed by atoms with Crippen molar-refractivity contribution in [2.24, 2.45) is 10.3 Å². The molecule has 1 unspecified atom stereocenters. The summed E-state index contributed by atoms with van der Waals surface area (Å²) in [7, 11) is 0. The number of hydrogen-bond donors (Lipinski definition) is 2. The summed E-state index contributed by atoms with van der Waals surface area (Å²) < 4.78 is 38.2. The first-order chi connectivity index (χ1) is 11.8. The van der Waals surface area contributed by atoms with Gasteiger partial charge in [0.15, 0.2) is 0 Å². The van der Waals surface area contributed by atoms with E-state index < -0.39 is 18.4 Å². The second-order valence-electron chi connectivity index (χ2n) is 5.48. The molecule has 130 valence electrons. The van der Waals surface area contributed by atoms with E-state index in [1.807, 2.05) is 6.07 Å². The normalized spacial score (nSPS) is 21.0. The van der Waals surface area contributed by atoms with Crippen molar-refractivity contribution in [2.45, 2.75) is 18.4 Å². The van der Waals surface area contributed by atoms with Gasteiger partial charge in [-0.05, 0) is 5.56 Å². The third-order valence-electron chi connectivity index (χ3n) is 3.80. The second kappa shape index (κ2) is 6.21. The Labute approximate surface area is 140 Å². The van der Waals surface area contributed by atoms with E-state index in [4.69, 9.17) is 0 Å².